The number of hydrogen-bond donors (Lipinski definition) is 3. The molecule has 0 spiro atoms. The van der Waals surface area contributed by atoms with E-state index >= 15 is 0 Å². The summed E-state index contributed by atoms with van der Waals surface area (Å²) >= 11 is 0. The van der Waals surface area contributed by atoms with Gasteiger partial charge in [-0.3, -0.25) is 0 Å². The van der Waals surface area contributed by atoms with Gasteiger partial charge in [-0.25, -0.2) is 0 Å². The molecule has 3 N–H and O–H groups in total. The average Bonchev–Trinajstić information content (AvgIpc) is 2.37. The molecule has 0 saturated heterocycles. The van der Waals surface area contributed by atoms with Crippen LogP contribution < -0.4 is 0 Å². The molecule has 0 heterocycles. The molecule has 0 aliphatic heterocycles. The molecule has 0 aliphatic rings. The van der Waals surface area contributed by atoms with E-state index in [4.69, 9.17) is 24.8 Å². The minimum Gasteiger partial charge on any atom is -0.394 e. The molecule has 0 amide bonds. The number of hydrogen-bond acceptors (Lipinski definition) is 5. The molecule has 5 nitrogen and oxygen atoms in total. The Morgan fingerprint density at radius 1 is 0.889 bits per heavy atom. The first-order chi connectivity index (χ1) is 8.68. The summed E-state index contributed by atoms with van der Waals surface area (Å²) in [6.45, 7) is 6.17. The summed E-state index contributed by atoms with van der Waals surface area (Å²) in [5, 5.41) is 24.4. The highest BCUT2D eigenvalue weighted by atomic mass is 16.5. The average molecular weight is 266 g/mol. The molecule has 1 unspecified atom stereocenters. The van der Waals surface area contributed by atoms with Gasteiger partial charge in [0.05, 0.1) is 39.1 Å². The van der Waals surface area contributed by atoms with E-state index < -0.39 is 6.10 Å². The topological polar surface area (TPSA) is 79.2 Å². The molecular formula is C13H30O5. The molecule has 0 aromatic carbocycles. The second-order valence-corrected chi connectivity index (χ2v) is 4.04. The van der Waals surface area contributed by atoms with E-state index in [9.17, 15) is 0 Å². The van der Waals surface area contributed by atoms with Gasteiger partial charge < -0.3 is 24.8 Å². The van der Waals surface area contributed by atoms with E-state index in [-0.39, 0.29) is 13.2 Å². The van der Waals surface area contributed by atoms with E-state index in [1.54, 1.807) is 0 Å². The monoisotopic (exact) mass is 266 g/mol. The van der Waals surface area contributed by atoms with Crippen LogP contribution in [0.5, 0.6) is 0 Å². The van der Waals surface area contributed by atoms with Gasteiger partial charge in [-0.2, -0.15) is 0 Å². The second-order valence-electron chi connectivity index (χ2n) is 4.04. The normalized spacial score (nSPS) is 11.8. The van der Waals surface area contributed by atoms with Gasteiger partial charge in [0.2, 0.25) is 0 Å². The number of ether oxygens (including phenoxy) is 2. The molecule has 112 valence electrons. The highest BCUT2D eigenvalue weighted by Gasteiger charge is 1.90. The van der Waals surface area contributed by atoms with Crippen molar-refractivity contribution in [3.63, 3.8) is 0 Å². The van der Waals surface area contributed by atoms with Crippen LogP contribution in [0.4, 0.5) is 0 Å². The number of aliphatic hydroxyl groups is 3. The first kappa shape index (κ1) is 20.1. The molecule has 0 bridgehead atoms. The lowest BCUT2D eigenvalue weighted by Crippen LogP contribution is -2.07. The van der Waals surface area contributed by atoms with Crippen molar-refractivity contribution >= 4 is 0 Å². The Hall–Kier alpha value is -0.200. The van der Waals surface area contributed by atoms with Crippen molar-refractivity contribution in [1.82, 2.24) is 0 Å². The molecule has 0 saturated carbocycles. The van der Waals surface area contributed by atoms with Crippen molar-refractivity contribution < 1.29 is 24.8 Å². The Morgan fingerprint density at radius 3 is 1.89 bits per heavy atom. The SMILES string of the molecule is CC(O)CO.CCCCCCOCCOCCO. The maximum Gasteiger partial charge on any atom is 0.0742 e. The van der Waals surface area contributed by atoms with E-state index in [0.717, 1.165) is 13.0 Å². The minimum atomic E-state index is -0.560. The van der Waals surface area contributed by atoms with Crippen molar-refractivity contribution in [3.8, 4) is 0 Å². The Kier molecular flexibility index (Phi) is 21.4. The Labute approximate surface area is 111 Å². The quantitative estimate of drug-likeness (QED) is 0.485. The highest BCUT2D eigenvalue weighted by Crippen LogP contribution is 1.98. The van der Waals surface area contributed by atoms with Crippen LogP contribution >= 0.6 is 0 Å². The highest BCUT2D eigenvalue weighted by molar-refractivity contribution is 4.39. The first-order valence-corrected chi connectivity index (χ1v) is 6.74. The molecule has 0 rings (SSSR count). The first-order valence-electron chi connectivity index (χ1n) is 6.74. The van der Waals surface area contributed by atoms with Gasteiger partial charge in [-0.05, 0) is 13.3 Å². The molecule has 0 aromatic heterocycles. The number of rotatable bonds is 11. The molecular weight excluding hydrogens is 236 g/mol. The third kappa shape index (κ3) is 24.9. The summed E-state index contributed by atoms with van der Waals surface area (Å²) in [4.78, 5) is 0. The summed E-state index contributed by atoms with van der Waals surface area (Å²) in [7, 11) is 0. The molecule has 0 aromatic rings. The molecule has 0 fully saturated rings. The summed E-state index contributed by atoms with van der Waals surface area (Å²) in [5.74, 6) is 0. The van der Waals surface area contributed by atoms with Crippen LogP contribution in [0.15, 0.2) is 0 Å². The lowest BCUT2D eigenvalue weighted by molar-refractivity contribution is 0.0321. The lowest BCUT2D eigenvalue weighted by atomic mass is 10.2. The third-order valence-electron chi connectivity index (χ3n) is 2.01. The van der Waals surface area contributed by atoms with Gasteiger partial charge in [0.15, 0.2) is 0 Å². The van der Waals surface area contributed by atoms with Crippen molar-refractivity contribution in [2.75, 3.05) is 39.6 Å². The standard InChI is InChI=1S/C10H22O3.C3H8O2/c1-2-3-4-5-7-12-9-10-13-8-6-11;1-3(5)2-4/h11H,2-10H2,1H3;3-5H,2H2,1H3. The maximum absolute atomic E-state index is 8.40. The summed E-state index contributed by atoms with van der Waals surface area (Å²) in [6.07, 6.45) is 4.40. The molecule has 0 aliphatic carbocycles. The zero-order valence-electron chi connectivity index (χ0n) is 11.8. The second kappa shape index (κ2) is 19.1. The van der Waals surface area contributed by atoms with Crippen LogP contribution in [0.25, 0.3) is 0 Å². The van der Waals surface area contributed by atoms with Crippen LogP contribution in [0.3, 0.4) is 0 Å². The zero-order valence-corrected chi connectivity index (χ0v) is 11.8. The predicted molar refractivity (Wildman–Crippen MR) is 71.6 cm³/mol. The lowest BCUT2D eigenvalue weighted by Gasteiger charge is -2.04. The largest absolute Gasteiger partial charge is 0.394 e. The van der Waals surface area contributed by atoms with E-state index in [1.807, 2.05) is 0 Å². The van der Waals surface area contributed by atoms with Crippen LogP contribution in [0.1, 0.15) is 39.5 Å². The van der Waals surface area contributed by atoms with Crippen molar-refractivity contribution in [2.24, 2.45) is 0 Å². The molecule has 5 heteroatoms. The fraction of sp³-hybridized carbons (Fsp3) is 1.00. The predicted octanol–water partition coefficient (Wildman–Crippen LogP) is 0.952. The van der Waals surface area contributed by atoms with Gasteiger partial charge in [-0.1, -0.05) is 26.2 Å². The summed E-state index contributed by atoms with van der Waals surface area (Å²) < 4.78 is 10.4. The third-order valence-corrected chi connectivity index (χ3v) is 2.01. The van der Waals surface area contributed by atoms with Gasteiger partial charge in [0.25, 0.3) is 0 Å². The van der Waals surface area contributed by atoms with Crippen molar-refractivity contribution in [1.29, 1.82) is 0 Å². The van der Waals surface area contributed by atoms with Gasteiger partial charge in [0.1, 0.15) is 0 Å². The van der Waals surface area contributed by atoms with Crippen molar-refractivity contribution in [3.05, 3.63) is 0 Å². The van der Waals surface area contributed by atoms with Crippen LogP contribution in [0.2, 0.25) is 0 Å². The number of aliphatic hydroxyl groups excluding tert-OH is 3. The smallest absolute Gasteiger partial charge is 0.0742 e. The van der Waals surface area contributed by atoms with Crippen molar-refractivity contribution in [2.45, 2.75) is 45.6 Å². The maximum atomic E-state index is 8.40. The zero-order chi connectivity index (χ0) is 14.1. The van der Waals surface area contributed by atoms with Crippen LogP contribution in [0, 0.1) is 0 Å². The van der Waals surface area contributed by atoms with Crippen LogP contribution in [-0.2, 0) is 9.47 Å². The Morgan fingerprint density at radius 2 is 1.44 bits per heavy atom. The van der Waals surface area contributed by atoms with Gasteiger partial charge in [0, 0.05) is 6.61 Å². The summed E-state index contributed by atoms with van der Waals surface area (Å²) in [6, 6.07) is 0. The minimum absolute atomic E-state index is 0.0938. The van der Waals surface area contributed by atoms with E-state index in [1.165, 1.54) is 26.2 Å². The van der Waals surface area contributed by atoms with Gasteiger partial charge in [-0.15, -0.1) is 0 Å². The van der Waals surface area contributed by atoms with Crippen LogP contribution in [-0.4, -0.2) is 61.1 Å². The van der Waals surface area contributed by atoms with E-state index in [0.29, 0.717) is 19.8 Å². The van der Waals surface area contributed by atoms with Gasteiger partial charge >= 0.3 is 0 Å². The van der Waals surface area contributed by atoms with E-state index in [2.05, 4.69) is 6.92 Å². The Bertz CT molecular complexity index is 121. The molecule has 0 radical (unpaired) electrons. The summed E-state index contributed by atoms with van der Waals surface area (Å²) in [5.41, 5.74) is 0. The Balaban J connectivity index is 0. The molecule has 1 atom stereocenters. The number of unbranched alkanes of at least 4 members (excludes halogenated alkanes) is 3. The fourth-order valence-electron chi connectivity index (χ4n) is 1.02. The fourth-order valence-corrected chi connectivity index (χ4v) is 1.02. The molecule has 18 heavy (non-hydrogen) atoms.